The first kappa shape index (κ1) is 22.6. The van der Waals surface area contributed by atoms with Crippen LogP contribution in [0.1, 0.15) is 39.9 Å². The van der Waals surface area contributed by atoms with Gasteiger partial charge in [-0.05, 0) is 44.2 Å². The highest BCUT2D eigenvalue weighted by Crippen LogP contribution is 2.20. The number of carbonyl (C=O) groups is 1. The molecule has 0 aliphatic rings. The summed E-state index contributed by atoms with van der Waals surface area (Å²) >= 11 is 0. The van der Waals surface area contributed by atoms with Gasteiger partial charge in [0.2, 0.25) is 0 Å². The fraction of sp³-hybridized carbons (Fsp3) is 0.391. The van der Waals surface area contributed by atoms with Gasteiger partial charge in [-0.3, -0.25) is 9.58 Å². The van der Waals surface area contributed by atoms with Crippen molar-refractivity contribution in [3.8, 4) is 0 Å². The Morgan fingerprint density at radius 3 is 2.55 bits per heavy atom. The molecule has 0 bridgehead atoms. The van der Waals surface area contributed by atoms with Crippen LogP contribution in [0.2, 0.25) is 0 Å². The molecule has 8 nitrogen and oxygen atoms in total. The van der Waals surface area contributed by atoms with Crippen molar-refractivity contribution in [2.45, 2.75) is 39.6 Å². The number of amides is 2. The van der Waals surface area contributed by atoms with Gasteiger partial charge in [0.05, 0.1) is 24.6 Å². The highest BCUT2D eigenvalue weighted by Gasteiger charge is 2.18. The predicted molar refractivity (Wildman–Crippen MR) is 118 cm³/mol. The Morgan fingerprint density at radius 1 is 1.16 bits per heavy atom. The zero-order valence-corrected chi connectivity index (χ0v) is 18.6. The third-order valence-electron chi connectivity index (χ3n) is 5.36. The van der Waals surface area contributed by atoms with Crippen molar-refractivity contribution < 1.29 is 14.3 Å². The van der Waals surface area contributed by atoms with E-state index in [0.29, 0.717) is 13.1 Å². The largest absolute Gasteiger partial charge is 0.468 e. The number of urea groups is 1. The van der Waals surface area contributed by atoms with Gasteiger partial charge in [-0.25, -0.2) is 4.79 Å². The molecule has 3 aromatic rings. The van der Waals surface area contributed by atoms with E-state index >= 15 is 0 Å². The summed E-state index contributed by atoms with van der Waals surface area (Å²) in [7, 11) is 3.87. The summed E-state index contributed by atoms with van der Waals surface area (Å²) in [4.78, 5) is 14.5. The van der Waals surface area contributed by atoms with Crippen LogP contribution in [-0.4, -0.2) is 39.4 Å². The molecule has 0 aliphatic heterocycles. The van der Waals surface area contributed by atoms with Crippen LogP contribution in [0.4, 0.5) is 4.79 Å². The first-order chi connectivity index (χ1) is 14.8. The van der Waals surface area contributed by atoms with Crippen molar-refractivity contribution in [2.24, 2.45) is 7.05 Å². The lowest BCUT2D eigenvalue weighted by atomic mass is 10.1. The summed E-state index contributed by atoms with van der Waals surface area (Å²) in [5.74, 6) is 0.912. The number of rotatable bonds is 9. The van der Waals surface area contributed by atoms with E-state index in [-0.39, 0.29) is 12.6 Å². The lowest BCUT2D eigenvalue weighted by Crippen LogP contribution is -2.37. The number of carbonyl (C=O) groups excluding carboxylic acids is 1. The Hall–Kier alpha value is -3.10. The van der Waals surface area contributed by atoms with E-state index in [2.05, 4.69) is 26.7 Å². The lowest BCUT2D eigenvalue weighted by Gasteiger charge is -2.18. The zero-order chi connectivity index (χ0) is 22.4. The molecule has 1 unspecified atom stereocenters. The minimum atomic E-state index is -0.804. The SMILES string of the molecule is Cc1nn(C)c(C)c1C(O)CNC(=O)NCc1ccccc1CN(C)Cc1ccco1. The quantitative estimate of drug-likeness (QED) is 0.490. The summed E-state index contributed by atoms with van der Waals surface area (Å²) in [6.07, 6.45) is 0.870. The van der Waals surface area contributed by atoms with Crippen LogP contribution in [0.5, 0.6) is 0 Å². The maximum atomic E-state index is 12.3. The van der Waals surface area contributed by atoms with Crippen LogP contribution in [0.3, 0.4) is 0 Å². The Bertz CT molecular complexity index is 997. The number of hydrogen-bond acceptors (Lipinski definition) is 5. The van der Waals surface area contributed by atoms with Crippen LogP contribution >= 0.6 is 0 Å². The monoisotopic (exact) mass is 425 g/mol. The molecule has 2 aromatic heterocycles. The molecule has 8 heteroatoms. The molecule has 0 saturated carbocycles. The molecule has 0 spiro atoms. The molecular weight excluding hydrogens is 394 g/mol. The second-order valence-electron chi connectivity index (χ2n) is 7.81. The van der Waals surface area contributed by atoms with E-state index in [1.807, 2.05) is 58.3 Å². The van der Waals surface area contributed by atoms with Crippen molar-refractivity contribution in [1.82, 2.24) is 25.3 Å². The number of furan rings is 1. The Kier molecular flexibility index (Phi) is 7.49. The summed E-state index contributed by atoms with van der Waals surface area (Å²) in [6.45, 7) is 5.72. The zero-order valence-electron chi connectivity index (χ0n) is 18.6. The maximum absolute atomic E-state index is 12.3. The standard InChI is InChI=1S/C23H31N5O3/c1-16-22(17(2)28(4)26-16)21(29)13-25-23(30)24-12-18-8-5-6-9-19(18)14-27(3)15-20-10-7-11-31-20/h5-11,21,29H,12-15H2,1-4H3,(H2,24,25,30). The van der Waals surface area contributed by atoms with Crippen molar-refractivity contribution in [2.75, 3.05) is 13.6 Å². The minimum Gasteiger partial charge on any atom is -0.468 e. The Labute approximate surface area is 182 Å². The van der Waals surface area contributed by atoms with E-state index < -0.39 is 6.10 Å². The third-order valence-corrected chi connectivity index (χ3v) is 5.36. The van der Waals surface area contributed by atoms with Gasteiger partial charge in [-0.2, -0.15) is 5.10 Å². The van der Waals surface area contributed by atoms with E-state index in [1.54, 1.807) is 10.9 Å². The van der Waals surface area contributed by atoms with Crippen molar-refractivity contribution in [3.05, 3.63) is 76.5 Å². The topological polar surface area (TPSA) is 95.6 Å². The molecular formula is C23H31N5O3. The van der Waals surface area contributed by atoms with Crippen molar-refractivity contribution in [1.29, 1.82) is 0 Å². The number of benzene rings is 1. The van der Waals surface area contributed by atoms with Crippen LogP contribution in [0.15, 0.2) is 47.1 Å². The molecule has 0 aliphatic carbocycles. The third kappa shape index (κ3) is 5.96. The van der Waals surface area contributed by atoms with E-state index in [9.17, 15) is 9.90 Å². The van der Waals surface area contributed by atoms with Gasteiger partial charge >= 0.3 is 6.03 Å². The summed E-state index contributed by atoms with van der Waals surface area (Å²) in [6, 6.07) is 11.5. The highest BCUT2D eigenvalue weighted by atomic mass is 16.3. The Balaban J connectivity index is 1.51. The fourth-order valence-electron chi connectivity index (χ4n) is 3.70. The average molecular weight is 426 g/mol. The summed E-state index contributed by atoms with van der Waals surface area (Å²) < 4.78 is 7.14. The first-order valence-corrected chi connectivity index (χ1v) is 10.3. The van der Waals surface area contributed by atoms with Crippen LogP contribution in [-0.2, 0) is 26.7 Å². The molecule has 3 N–H and O–H groups in total. The lowest BCUT2D eigenvalue weighted by molar-refractivity contribution is 0.171. The number of nitrogens with zero attached hydrogens (tertiary/aromatic N) is 3. The normalized spacial score (nSPS) is 12.2. The smallest absolute Gasteiger partial charge is 0.315 e. The van der Waals surface area contributed by atoms with Crippen molar-refractivity contribution >= 4 is 6.03 Å². The molecule has 1 atom stereocenters. The second-order valence-corrected chi connectivity index (χ2v) is 7.81. The highest BCUT2D eigenvalue weighted by molar-refractivity contribution is 5.73. The van der Waals surface area contributed by atoms with Crippen molar-refractivity contribution in [3.63, 3.8) is 0 Å². The van der Waals surface area contributed by atoms with Gasteiger partial charge in [0.15, 0.2) is 0 Å². The molecule has 2 amide bonds. The number of aliphatic hydroxyl groups excluding tert-OH is 1. The predicted octanol–water partition coefficient (Wildman–Crippen LogP) is 2.79. The molecule has 3 rings (SSSR count). The number of hydrogen-bond donors (Lipinski definition) is 3. The molecule has 2 heterocycles. The van der Waals surface area contributed by atoms with Crippen LogP contribution in [0, 0.1) is 13.8 Å². The van der Waals surface area contributed by atoms with E-state index in [4.69, 9.17) is 4.42 Å². The summed E-state index contributed by atoms with van der Waals surface area (Å²) in [5, 5.41) is 20.4. The van der Waals surface area contributed by atoms with Gasteiger partial charge in [0, 0.05) is 37.9 Å². The van der Waals surface area contributed by atoms with Gasteiger partial charge in [0.25, 0.3) is 0 Å². The number of aromatic nitrogens is 2. The number of aliphatic hydroxyl groups is 1. The van der Waals surface area contributed by atoms with Gasteiger partial charge < -0.3 is 20.2 Å². The second kappa shape index (κ2) is 10.3. The minimum absolute atomic E-state index is 0.118. The molecule has 1 aromatic carbocycles. The molecule has 0 radical (unpaired) electrons. The summed E-state index contributed by atoms with van der Waals surface area (Å²) in [5.41, 5.74) is 4.59. The van der Waals surface area contributed by atoms with Gasteiger partial charge in [0.1, 0.15) is 5.76 Å². The fourth-order valence-corrected chi connectivity index (χ4v) is 3.70. The molecule has 0 fully saturated rings. The van der Waals surface area contributed by atoms with Crippen LogP contribution < -0.4 is 10.6 Å². The number of nitrogens with one attached hydrogen (secondary N) is 2. The number of aryl methyl sites for hydroxylation is 2. The molecule has 166 valence electrons. The Morgan fingerprint density at radius 2 is 1.90 bits per heavy atom. The van der Waals surface area contributed by atoms with E-state index in [0.717, 1.165) is 40.4 Å². The van der Waals surface area contributed by atoms with Crippen LogP contribution in [0.25, 0.3) is 0 Å². The average Bonchev–Trinajstić information content (AvgIpc) is 3.32. The first-order valence-electron chi connectivity index (χ1n) is 10.3. The van der Waals surface area contributed by atoms with Gasteiger partial charge in [-0.1, -0.05) is 24.3 Å². The van der Waals surface area contributed by atoms with Gasteiger partial charge in [-0.15, -0.1) is 0 Å². The molecule has 31 heavy (non-hydrogen) atoms. The van der Waals surface area contributed by atoms with E-state index in [1.165, 1.54) is 0 Å². The maximum Gasteiger partial charge on any atom is 0.315 e. The molecule has 0 saturated heterocycles.